The molecule has 2 aromatic rings. The molecule has 3 heterocycles. The van der Waals surface area contributed by atoms with Crippen molar-refractivity contribution in [3.8, 4) is 11.5 Å². The van der Waals surface area contributed by atoms with Crippen molar-refractivity contribution in [2.45, 2.75) is 38.5 Å². The minimum Gasteiger partial charge on any atom is -0.449 e. The van der Waals surface area contributed by atoms with Gasteiger partial charge in [-0.1, -0.05) is 0 Å². The topological polar surface area (TPSA) is 77.4 Å². The molecule has 132 valence electrons. The van der Waals surface area contributed by atoms with Gasteiger partial charge in [0.05, 0.1) is 6.04 Å². The van der Waals surface area contributed by atoms with Gasteiger partial charge < -0.3 is 20.1 Å². The van der Waals surface area contributed by atoms with Crippen LogP contribution in [0.1, 0.15) is 43.2 Å². The average molecular weight is 342 g/mol. The molecule has 1 fully saturated rings. The molecule has 1 unspecified atom stereocenters. The first kappa shape index (κ1) is 16.0. The Morgan fingerprint density at radius 3 is 2.96 bits per heavy atom. The lowest BCUT2D eigenvalue weighted by molar-refractivity contribution is -0.0431. The number of hydrogen-bond donors (Lipinski definition) is 2. The van der Waals surface area contributed by atoms with Crippen LogP contribution >= 0.6 is 0 Å². The van der Waals surface area contributed by atoms with Crippen molar-refractivity contribution < 1.29 is 14.3 Å². The molecule has 1 aromatic heterocycles. The quantitative estimate of drug-likeness (QED) is 0.896. The standard InChI is InChI=1S/C18H22N4O3/c1-18(2)24-15-6-5-12(10-16(15)25-18)20-17(23)14-7-9-22(21-14)13-4-3-8-19-11-13/h5-7,9-10,13,19H,3-4,8,11H2,1-2H3,(H,20,23). The summed E-state index contributed by atoms with van der Waals surface area (Å²) < 4.78 is 13.2. The molecule has 0 bridgehead atoms. The fourth-order valence-corrected chi connectivity index (χ4v) is 3.22. The zero-order valence-electron chi connectivity index (χ0n) is 14.4. The predicted molar refractivity (Wildman–Crippen MR) is 93.1 cm³/mol. The summed E-state index contributed by atoms with van der Waals surface area (Å²) in [5.41, 5.74) is 1.06. The highest BCUT2D eigenvalue weighted by atomic mass is 16.7. The number of carbonyl (C=O) groups is 1. The molecule has 2 aliphatic heterocycles. The van der Waals surface area contributed by atoms with E-state index in [2.05, 4.69) is 15.7 Å². The molecule has 4 rings (SSSR count). The summed E-state index contributed by atoms with van der Waals surface area (Å²) >= 11 is 0. The summed E-state index contributed by atoms with van der Waals surface area (Å²) in [4.78, 5) is 12.5. The SMILES string of the molecule is CC1(C)Oc2ccc(NC(=O)c3ccn(C4CCCNC4)n3)cc2O1. The number of benzene rings is 1. The number of rotatable bonds is 3. The maximum atomic E-state index is 12.5. The molecular formula is C18H22N4O3. The Morgan fingerprint density at radius 2 is 2.16 bits per heavy atom. The molecule has 0 aliphatic carbocycles. The Balaban J connectivity index is 1.45. The van der Waals surface area contributed by atoms with Crippen molar-refractivity contribution in [3.63, 3.8) is 0 Å². The van der Waals surface area contributed by atoms with E-state index in [1.165, 1.54) is 0 Å². The van der Waals surface area contributed by atoms with Gasteiger partial charge in [0.1, 0.15) is 0 Å². The zero-order chi connectivity index (χ0) is 17.4. The molecule has 7 heteroatoms. The number of nitrogens with zero attached hydrogens (tertiary/aromatic N) is 2. The minimum absolute atomic E-state index is 0.236. The van der Waals surface area contributed by atoms with Crippen molar-refractivity contribution in [2.24, 2.45) is 0 Å². The van der Waals surface area contributed by atoms with Crippen LogP contribution in [0.5, 0.6) is 11.5 Å². The maximum absolute atomic E-state index is 12.5. The van der Waals surface area contributed by atoms with Gasteiger partial charge in [-0.15, -0.1) is 0 Å². The van der Waals surface area contributed by atoms with Gasteiger partial charge in [-0.3, -0.25) is 9.48 Å². The highest BCUT2D eigenvalue weighted by molar-refractivity contribution is 6.02. The highest BCUT2D eigenvalue weighted by Gasteiger charge is 2.31. The molecule has 1 atom stereocenters. The van der Waals surface area contributed by atoms with Crippen LogP contribution in [0.3, 0.4) is 0 Å². The lowest BCUT2D eigenvalue weighted by atomic mass is 10.1. The lowest BCUT2D eigenvalue weighted by Gasteiger charge is -2.22. The number of carbonyl (C=O) groups excluding carboxylic acids is 1. The molecule has 0 spiro atoms. The smallest absolute Gasteiger partial charge is 0.276 e. The number of anilines is 1. The normalized spacial score (nSPS) is 21.1. The third-order valence-electron chi connectivity index (χ3n) is 4.40. The van der Waals surface area contributed by atoms with Gasteiger partial charge in [0.25, 0.3) is 5.91 Å². The van der Waals surface area contributed by atoms with E-state index < -0.39 is 5.79 Å². The summed E-state index contributed by atoms with van der Waals surface area (Å²) in [5, 5.41) is 10.7. The second kappa shape index (κ2) is 6.07. The van der Waals surface area contributed by atoms with Gasteiger partial charge in [0.2, 0.25) is 5.79 Å². The number of piperidine rings is 1. The van der Waals surface area contributed by atoms with Gasteiger partial charge in [0, 0.05) is 38.3 Å². The van der Waals surface area contributed by atoms with Crippen LogP contribution < -0.4 is 20.1 Å². The van der Waals surface area contributed by atoms with E-state index in [0.29, 0.717) is 28.9 Å². The summed E-state index contributed by atoms with van der Waals surface area (Å²) in [6.45, 7) is 5.63. The molecule has 1 saturated heterocycles. The van der Waals surface area contributed by atoms with Crippen LogP contribution in [0, 0.1) is 0 Å². The van der Waals surface area contributed by atoms with Crippen LogP contribution in [-0.2, 0) is 0 Å². The summed E-state index contributed by atoms with van der Waals surface area (Å²) in [6.07, 6.45) is 4.07. The minimum atomic E-state index is -0.683. The fraction of sp³-hybridized carbons (Fsp3) is 0.444. The Kier molecular flexibility index (Phi) is 3.88. The predicted octanol–water partition coefficient (Wildman–Crippen LogP) is 2.57. The molecule has 0 radical (unpaired) electrons. The number of amides is 1. The second-order valence-electron chi connectivity index (χ2n) is 6.90. The van der Waals surface area contributed by atoms with E-state index in [-0.39, 0.29) is 5.91 Å². The number of fused-ring (bicyclic) bond motifs is 1. The van der Waals surface area contributed by atoms with Crippen LogP contribution in [0.4, 0.5) is 5.69 Å². The highest BCUT2D eigenvalue weighted by Crippen LogP contribution is 2.40. The largest absolute Gasteiger partial charge is 0.449 e. The zero-order valence-corrected chi connectivity index (χ0v) is 14.4. The fourth-order valence-electron chi connectivity index (χ4n) is 3.22. The monoisotopic (exact) mass is 342 g/mol. The van der Waals surface area contributed by atoms with Gasteiger partial charge >= 0.3 is 0 Å². The summed E-state index contributed by atoms with van der Waals surface area (Å²) in [6, 6.07) is 7.42. The Morgan fingerprint density at radius 1 is 1.32 bits per heavy atom. The Labute approximate surface area is 146 Å². The molecular weight excluding hydrogens is 320 g/mol. The van der Waals surface area contributed by atoms with Gasteiger partial charge in [-0.2, -0.15) is 5.10 Å². The van der Waals surface area contributed by atoms with E-state index in [4.69, 9.17) is 9.47 Å². The molecule has 1 aromatic carbocycles. The summed E-state index contributed by atoms with van der Waals surface area (Å²) in [7, 11) is 0. The number of aromatic nitrogens is 2. The van der Waals surface area contributed by atoms with Gasteiger partial charge in [0.15, 0.2) is 17.2 Å². The molecule has 2 aliphatic rings. The third kappa shape index (κ3) is 3.32. The molecule has 1 amide bonds. The first-order valence-electron chi connectivity index (χ1n) is 8.59. The van der Waals surface area contributed by atoms with Gasteiger partial charge in [-0.25, -0.2) is 0 Å². The van der Waals surface area contributed by atoms with Crippen molar-refractivity contribution in [2.75, 3.05) is 18.4 Å². The Bertz CT molecular complexity index is 793. The van der Waals surface area contributed by atoms with Crippen LogP contribution in [-0.4, -0.2) is 34.6 Å². The molecule has 7 nitrogen and oxygen atoms in total. The lowest BCUT2D eigenvalue weighted by Crippen LogP contribution is -2.32. The van der Waals surface area contributed by atoms with Crippen molar-refractivity contribution in [3.05, 3.63) is 36.2 Å². The van der Waals surface area contributed by atoms with Crippen molar-refractivity contribution >= 4 is 11.6 Å². The van der Waals surface area contributed by atoms with Crippen LogP contribution in [0.2, 0.25) is 0 Å². The number of nitrogens with one attached hydrogen (secondary N) is 2. The summed E-state index contributed by atoms with van der Waals surface area (Å²) in [5.74, 6) is 0.386. The van der Waals surface area contributed by atoms with Crippen molar-refractivity contribution in [1.82, 2.24) is 15.1 Å². The van der Waals surface area contributed by atoms with E-state index in [1.54, 1.807) is 24.3 Å². The number of ether oxygens (including phenoxy) is 2. The second-order valence-corrected chi connectivity index (χ2v) is 6.90. The van der Waals surface area contributed by atoms with Crippen molar-refractivity contribution in [1.29, 1.82) is 0 Å². The first-order chi connectivity index (χ1) is 12.0. The van der Waals surface area contributed by atoms with Gasteiger partial charge in [-0.05, 0) is 37.6 Å². The Hall–Kier alpha value is -2.54. The van der Waals surface area contributed by atoms with E-state index in [0.717, 1.165) is 25.9 Å². The van der Waals surface area contributed by atoms with E-state index in [9.17, 15) is 4.79 Å². The molecule has 0 saturated carbocycles. The van der Waals surface area contributed by atoms with Crippen LogP contribution in [0.25, 0.3) is 0 Å². The first-order valence-corrected chi connectivity index (χ1v) is 8.59. The molecule has 25 heavy (non-hydrogen) atoms. The van der Waals surface area contributed by atoms with E-state index >= 15 is 0 Å². The third-order valence-corrected chi connectivity index (χ3v) is 4.40. The molecule has 2 N–H and O–H groups in total. The maximum Gasteiger partial charge on any atom is 0.276 e. The van der Waals surface area contributed by atoms with Crippen LogP contribution in [0.15, 0.2) is 30.5 Å². The number of hydrogen-bond acceptors (Lipinski definition) is 5. The van der Waals surface area contributed by atoms with E-state index in [1.807, 2.05) is 24.7 Å². The average Bonchev–Trinajstić information content (AvgIpc) is 3.18.